The van der Waals surface area contributed by atoms with E-state index in [1.165, 1.54) is 0 Å². The molecule has 2 aromatic carbocycles. The Labute approximate surface area is 234 Å². The topological polar surface area (TPSA) is 94.5 Å². The third kappa shape index (κ3) is 5.55. The molecule has 6 rings (SSSR count). The van der Waals surface area contributed by atoms with Crippen molar-refractivity contribution in [1.82, 2.24) is 19.8 Å². The third-order valence-corrected chi connectivity index (χ3v) is 8.10. The minimum atomic E-state index is 0.153. The third-order valence-electron chi connectivity index (χ3n) is 8.10. The Balaban J connectivity index is 1.30. The number of aldehydes is 1. The number of morpholine rings is 1. The number of hydrogen-bond acceptors (Lipinski definition) is 10. The van der Waals surface area contributed by atoms with Crippen LogP contribution in [0.5, 0.6) is 11.8 Å². The molecule has 3 aliphatic heterocycles. The number of nitrogens with zero attached hydrogens (tertiary/aromatic N) is 6. The van der Waals surface area contributed by atoms with Gasteiger partial charge in [-0.2, -0.15) is 9.97 Å². The molecule has 0 bridgehead atoms. The van der Waals surface area contributed by atoms with Crippen molar-refractivity contribution in [2.45, 2.75) is 19.0 Å². The van der Waals surface area contributed by atoms with Crippen molar-refractivity contribution in [1.29, 1.82) is 0 Å². The molecule has 0 unspecified atom stereocenters. The Morgan fingerprint density at radius 3 is 2.75 bits per heavy atom. The highest BCUT2D eigenvalue weighted by atomic mass is 16.5. The van der Waals surface area contributed by atoms with Crippen molar-refractivity contribution in [3.05, 3.63) is 59.9 Å². The van der Waals surface area contributed by atoms with E-state index in [4.69, 9.17) is 19.4 Å². The maximum Gasteiger partial charge on any atom is 0.318 e. The number of carbonyl (C=O) groups is 1. The second kappa shape index (κ2) is 11.7. The number of piperazine rings is 1. The summed E-state index contributed by atoms with van der Waals surface area (Å²) in [4.78, 5) is 29.7. The van der Waals surface area contributed by atoms with Crippen LogP contribution in [-0.2, 0) is 22.5 Å². The summed E-state index contributed by atoms with van der Waals surface area (Å²) in [5.41, 5.74) is 3.11. The number of aromatic hydroxyl groups is 1. The molecule has 40 heavy (non-hydrogen) atoms. The predicted octanol–water partition coefficient (Wildman–Crippen LogP) is 2.44. The molecule has 3 aromatic rings. The molecule has 10 nitrogen and oxygen atoms in total. The summed E-state index contributed by atoms with van der Waals surface area (Å²) >= 11 is 0. The first kappa shape index (κ1) is 26.3. The molecular formula is C30H36N6O4. The lowest BCUT2D eigenvalue weighted by molar-refractivity contribution is -0.104. The maximum absolute atomic E-state index is 10.8. The van der Waals surface area contributed by atoms with Crippen molar-refractivity contribution >= 4 is 28.6 Å². The van der Waals surface area contributed by atoms with Gasteiger partial charge in [0.2, 0.25) is 0 Å². The van der Waals surface area contributed by atoms with Crippen LogP contribution in [0.4, 0.5) is 11.5 Å². The Hall–Kier alpha value is -3.89. The fourth-order valence-electron chi connectivity index (χ4n) is 5.78. The number of likely N-dealkylation sites (N-methyl/N-ethyl adjacent to an activating group) is 1. The standard InChI is InChI=1S/C30H36N6O4/c1-33-14-16-39-20-23(33)21-40-30-31-27-19-36(28-18-24(38)17-22-5-2-3-6-25(22)28)9-7-26(27)29(32-30)35-12-10-34(11-13-35)8-4-15-37/h2-6,8,15,17-18,23,38H,7,9-14,16,19-21H2,1H3/t23-/m0/s1. The zero-order valence-electron chi connectivity index (χ0n) is 22.9. The lowest BCUT2D eigenvalue weighted by Gasteiger charge is -2.38. The molecule has 1 N–H and O–H groups in total. The van der Waals surface area contributed by atoms with Crippen LogP contribution >= 0.6 is 0 Å². The molecular weight excluding hydrogens is 508 g/mol. The van der Waals surface area contributed by atoms with E-state index >= 15 is 0 Å². The molecule has 0 radical (unpaired) electrons. The minimum Gasteiger partial charge on any atom is -0.508 e. The molecule has 3 aliphatic rings. The first-order valence-corrected chi connectivity index (χ1v) is 14.0. The van der Waals surface area contributed by atoms with Gasteiger partial charge in [-0.3, -0.25) is 9.69 Å². The highest BCUT2D eigenvalue weighted by molar-refractivity contribution is 5.95. The molecule has 0 saturated carbocycles. The SMILES string of the molecule is CN1CCOC[C@H]1COc1nc2c(c(N3CCN(C=CC=O)CC3)n1)CCN(c1cc(O)cc3ccccc13)C2. The second-order valence-electron chi connectivity index (χ2n) is 10.6. The van der Waals surface area contributed by atoms with E-state index in [1.807, 2.05) is 30.5 Å². The number of benzene rings is 2. The minimum absolute atomic E-state index is 0.153. The van der Waals surface area contributed by atoms with Crippen molar-refractivity contribution in [3.8, 4) is 11.8 Å². The van der Waals surface area contributed by atoms with Gasteiger partial charge in [-0.1, -0.05) is 24.3 Å². The van der Waals surface area contributed by atoms with Gasteiger partial charge in [0.1, 0.15) is 24.5 Å². The zero-order chi connectivity index (χ0) is 27.5. The van der Waals surface area contributed by atoms with E-state index in [2.05, 4.69) is 32.7 Å². The first-order valence-electron chi connectivity index (χ1n) is 14.0. The molecule has 1 atom stereocenters. The highest BCUT2D eigenvalue weighted by Gasteiger charge is 2.29. The summed E-state index contributed by atoms with van der Waals surface area (Å²) in [6.45, 7) is 7.31. The second-order valence-corrected chi connectivity index (χ2v) is 10.6. The van der Waals surface area contributed by atoms with Crippen LogP contribution in [0.25, 0.3) is 10.8 Å². The number of carbonyl (C=O) groups excluding carboxylic acids is 1. The van der Waals surface area contributed by atoms with E-state index in [9.17, 15) is 9.90 Å². The van der Waals surface area contributed by atoms with Crippen LogP contribution in [0, 0.1) is 0 Å². The summed E-state index contributed by atoms with van der Waals surface area (Å²) < 4.78 is 11.9. The number of aromatic nitrogens is 2. The Morgan fingerprint density at radius 2 is 1.93 bits per heavy atom. The first-order chi connectivity index (χ1) is 19.6. The van der Waals surface area contributed by atoms with Crippen LogP contribution < -0.4 is 14.5 Å². The lowest BCUT2D eigenvalue weighted by Crippen LogP contribution is -2.46. The lowest BCUT2D eigenvalue weighted by atomic mass is 10.0. The van der Waals surface area contributed by atoms with Gasteiger partial charge in [-0.05, 0) is 31.0 Å². The van der Waals surface area contributed by atoms with Crippen molar-refractivity contribution in [2.24, 2.45) is 0 Å². The van der Waals surface area contributed by atoms with Crippen LogP contribution in [0.2, 0.25) is 0 Å². The van der Waals surface area contributed by atoms with E-state index < -0.39 is 0 Å². The van der Waals surface area contributed by atoms with Gasteiger partial charge in [-0.15, -0.1) is 0 Å². The Morgan fingerprint density at radius 1 is 1.07 bits per heavy atom. The van der Waals surface area contributed by atoms with Crippen LogP contribution in [-0.4, -0.2) is 103 Å². The van der Waals surface area contributed by atoms with Gasteiger partial charge in [0.15, 0.2) is 0 Å². The van der Waals surface area contributed by atoms with Crippen molar-refractivity contribution in [3.63, 3.8) is 0 Å². The van der Waals surface area contributed by atoms with Crippen molar-refractivity contribution < 1.29 is 19.4 Å². The quantitative estimate of drug-likeness (QED) is 0.353. The fraction of sp³-hybridized carbons (Fsp3) is 0.433. The smallest absolute Gasteiger partial charge is 0.318 e. The molecule has 2 fully saturated rings. The molecule has 210 valence electrons. The molecule has 4 heterocycles. The van der Waals surface area contributed by atoms with Gasteiger partial charge in [-0.25, -0.2) is 0 Å². The largest absolute Gasteiger partial charge is 0.508 e. The van der Waals surface area contributed by atoms with E-state index in [-0.39, 0.29) is 11.8 Å². The van der Waals surface area contributed by atoms with Gasteiger partial charge >= 0.3 is 6.01 Å². The summed E-state index contributed by atoms with van der Waals surface area (Å²) in [5, 5.41) is 12.6. The molecule has 0 aliphatic carbocycles. The molecule has 10 heteroatoms. The summed E-state index contributed by atoms with van der Waals surface area (Å²) in [5.74, 6) is 1.19. The van der Waals surface area contributed by atoms with Crippen LogP contribution in [0.15, 0.2) is 48.7 Å². The number of fused-ring (bicyclic) bond motifs is 2. The van der Waals surface area contributed by atoms with E-state index in [0.717, 1.165) is 92.1 Å². The Bertz CT molecular complexity index is 1390. The number of rotatable bonds is 7. The van der Waals surface area contributed by atoms with Crippen LogP contribution in [0.3, 0.4) is 0 Å². The normalized spacial score (nSPS) is 20.2. The summed E-state index contributed by atoms with van der Waals surface area (Å²) in [6.07, 6.45) is 5.00. The van der Waals surface area contributed by atoms with Gasteiger partial charge < -0.3 is 29.3 Å². The molecule has 0 spiro atoms. The molecule has 0 amide bonds. The monoisotopic (exact) mass is 544 g/mol. The number of ether oxygens (including phenoxy) is 2. The van der Waals surface area contributed by atoms with E-state index in [1.54, 1.807) is 12.1 Å². The van der Waals surface area contributed by atoms with Gasteiger partial charge in [0, 0.05) is 68.2 Å². The number of anilines is 2. The average Bonchev–Trinajstić information content (AvgIpc) is 2.98. The zero-order valence-corrected chi connectivity index (χ0v) is 22.9. The highest BCUT2D eigenvalue weighted by Crippen LogP contribution is 2.36. The van der Waals surface area contributed by atoms with Gasteiger partial charge in [0.05, 0.1) is 31.5 Å². The molecule has 2 saturated heterocycles. The number of phenols is 1. The predicted molar refractivity (Wildman–Crippen MR) is 154 cm³/mol. The van der Waals surface area contributed by atoms with Gasteiger partial charge in [0.25, 0.3) is 0 Å². The maximum atomic E-state index is 10.8. The fourth-order valence-corrected chi connectivity index (χ4v) is 5.78. The number of hydrogen-bond donors (Lipinski definition) is 1. The number of phenolic OH excluding ortho intramolecular Hbond substituents is 1. The number of allylic oxidation sites excluding steroid dienone is 1. The van der Waals surface area contributed by atoms with Crippen molar-refractivity contribution in [2.75, 3.05) is 75.9 Å². The van der Waals surface area contributed by atoms with E-state index in [0.29, 0.717) is 25.8 Å². The van der Waals surface area contributed by atoms with Crippen LogP contribution in [0.1, 0.15) is 11.3 Å². The average molecular weight is 545 g/mol. The summed E-state index contributed by atoms with van der Waals surface area (Å²) in [6, 6.07) is 12.3. The Kier molecular flexibility index (Phi) is 7.70. The molecule has 1 aromatic heterocycles. The summed E-state index contributed by atoms with van der Waals surface area (Å²) in [7, 11) is 2.09.